The highest BCUT2D eigenvalue weighted by Gasteiger charge is 2.22. The number of nitrogens with zero attached hydrogens (tertiary/aromatic N) is 4. The summed E-state index contributed by atoms with van der Waals surface area (Å²) in [6.07, 6.45) is 0. The second-order valence-corrected chi connectivity index (χ2v) is 20.8. The molecule has 12 aromatic carbocycles. The van der Waals surface area contributed by atoms with Crippen molar-refractivity contribution in [2.75, 3.05) is 0 Å². The first-order valence-electron chi connectivity index (χ1n) is 27.4. The van der Waals surface area contributed by atoms with Crippen LogP contribution < -0.4 is 0 Å². The lowest BCUT2D eigenvalue weighted by Gasteiger charge is -2.13. The van der Waals surface area contributed by atoms with E-state index in [4.69, 9.17) is 19.4 Å². The molecule has 378 valence electrons. The molecule has 0 aliphatic rings. The molecule has 4 aromatic heterocycles. The first-order chi connectivity index (χ1) is 40.1. The van der Waals surface area contributed by atoms with Crippen LogP contribution in [0.5, 0.6) is 0 Å². The van der Waals surface area contributed by atoms with Crippen molar-refractivity contribution in [2.24, 2.45) is 0 Å². The van der Waals surface area contributed by atoms with Crippen LogP contribution in [0.2, 0.25) is 0 Å². The third-order valence-electron chi connectivity index (χ3n) is 16.0. The number of benzene rings is 12. The zero-order chi connectivity index (χ0) is 53.4. The smallest absolute Gasteiger partial charge is 0.164 e. The van der Waals surface area contributed by atoms with Gasteiger partial charge in [0, 0.05) is 49.4 Å². The normalized spacial score (nSPS) is 11.7. The quantitative estimate of drug-likeness (QED) is 0.156. The van der Waals surface area contributed by atoms with Gasteiger partial charge in [0.05, 0.1) is 27.3 Å². The number of furan rings is 1. The van der Waals surface area contributed by atoms with Gasteiger partial charge in [0.25, 0.3) is 0 Å². The van der Waals surface area contributed by atoms with Crippen molar-refractivity contribution < 1.29 is 4.42 Å². The maximum absolute atomic E-state index is 6.87. The van der Waals surface area contributed by atoms with Gasteiger partial charge in [-0.25, -0.2) is 15.0 Å². The van der Waals surface area contributed by atoms with Crippen molar-refractivity contribution in [1.82, 2.24) is 24.5 Å². The minimum Gasteiger partial charge on any atom is -0.455 e. The van der Waals surface area contributed by atoms with Gasteiger partial charge in [0.1, 0.15) is 11.2 Å². The topological polar surface area (TPSA) is 72.5 Å². The summed E-state index contributed by atoms with van der Waals surface area (Å²) in [7, 11) is 0. The zero-order valence-corrected chi connectivity index (χ0v) is 43.8. The van der Waals surface area contributed by atoms with Crippen LogP contribution in [0.3, 0.4) is 0 Å². The molecule has 0 spiro atoms. The molecule has 16 aromatic rings. The Balaban J connectivity index is 0.779. The first kappa shape index (κ1) is 46.2. The molecule has 1 N–H and O–H groups in total. The van der Waals surface area contributed by atoms with E-state index >= 15 is 0 Å². The van der Waals surface area contributed by atoms with Crippen LogP contribution in [-0.4, -0.2) is 24.5 Å². The number of fused-ring (bicyclic) bond motifs is 11. The molecule has 0 bridgehead atoms. The molecular formula is C75H47N5O. The zero-order valence-electron chi connectivity index (χ0n) is 43.8. The summed E-state index contributed by atoms with van der Waals surface area (Å²) in [4.78, 5) is 18.9. The number of hydrogen-bond donors (Lipinski definition) is 1. The number of aromatic amines is 1. The molecule has 81 heavy (non-hydrogen) atoms. The average molecular weight is 1030 g/mol. The molecule has 0 aliphatic heterocycles. The van der Waals surface area contributed by atoms with Gasteiger partial charge in [-0.15, -0.1) is 0 Å². The molecule has 0 saturated heterocycles. The summed E-state index contributed by atoms with van der Waals surface area (Å²) < 4.78 is 9.30. The van der Waals surface area contributed by atoms with Crippen LogP contribution in [0.4, 0.5) is 0 Å². The van der Waals surface area contributed by atoms with Crippen LogP contribution in [0, 0.1) is 0 Å². The summed E-state index contributed by atoms with van der Waals surface area (Å²) in [5, 5.41) is 6.88. The number of hydrogen-bond acceptors (Lipinski definition) is 4. The lowest BCUT2D eigenvalue weighted by atomic mass is 9.93. The Morgan fingerprint density at radius 2 is 0.741 bits per heavy atom. The molecular weight excluding hydrogens is 987 g/mol. The number of nitrogens with one attached hydrogen (secondary N) is 1. The van der Waals surface area contributed by atoms with E-state index in [9.17, 15) is 0 Å². The van der Waals surface area contributed by atoms with Crippen molar-refractivity contribution in [3.05, 3.63) is 279 Å². The summed E-state index contributed by atoms with van der Waals surface area (Å²) in [6, 6.07) is 99.1. The third-order valence-corrected chi connectivity index (χ3v) is 16.0. The lowest BCUT2D eigenvalue weighted by Crippen LogP contribution is -2.00. The van der Waals surface area contributed by atoms with Crippen LogP contribution in [-0.2, 0) is 0 Å². The highest BCUT2D eigenvalue weighted by molar-refractivity contribution is 6.29. The molecule has 0 amide bonds. The van der Waals surface area contributed by atoms with Crippen molar-refractivity contribution in [2.45, 2.75) is 0 Å². The molecule has 16 rings (SSSR count). The van der Waals surface area contributed by atoms with Crippen molar-refractivity contribution in [1.29, 1.82) is 0 Å². The van der Waals surface area contributed by atoms with E-state index in [1.807, 2.05) is 60.7 Å². The Morgan fingerprint density at radius 3 is 1.40 bits per heavy atom. The Bertz CT molecular complexity index is 5020. The number of rotatable bonds is 9. The fourth-order valence-electron chi connectivity index (χ4n) is 12.0. The minimum atomic E-state index is 0.609. The van der Waals surface area contributed by atoms with Gasteiger partial charge in [0.2, 0.25) is 0 Å². The van der Waals surface area contributed by atoms with E-state index in [-0.39, 0.29) is 0 Å². The highest BCUT2D eigenvalue weighted by atomic mass is 16.3. The second kappa shape index (κ2) is 18.9. The van der Waals surface area contributed by atoms with E-state index in [0.29, 0.717) is 17.5 Å². The van der Waals surface area contributed by atoms with Crippen molar-refractivity contribution >= 4 is 65.6 Å². The third kappa shape index (κ3) is 7.99. The predicted octanol–water partition coefficient (Wildman–Crippen LogP) is 19.8. The van der Waals surface area contributed by atoms with Crippen LogP contribution in [0.1, 0.15) is 0 Å². The lowest BCUT2D eigenvalue weighted by molar-refractivity contribution is 0.673. The summed E-state index contributed by atoms with van der Waals surface area (Å²) in [5.74, 6) is 1.86. The van der Waals surface area contributed by atoms with E-state index in [2.05, 4.69) is 228 Å². The van der Waals surface area contributed by atoms with Crippen molar-refractivity contribution in [3.8, 4) is 95.5 Å². The van der Waals surface area contributed by atoms with Gasteiger partial charge >= 0.3 is 0 Å². The van der Waals surface area contributed by atoms with Crippen molar-refractivity contribution in [3.63, 3.8) is 0 Å². The SMILES string of the molecule is c1ccc(-c2ccc(-c3cc(-c4ccc(-c5cccc(-c6cccc(-n7c8ccccc8c8ccc9oc%10c(ccc%11[nH]c%12ccccc%12c%11%10)c9c87)c6)c5)cc4)cc(-c4nc(-c5ccccc5)nc(-c5ccccc5)n4)c3)cc2)cc1. The largest absolute Gasteiger partial charge is 0.455 e. The Hall–Kier alpha value is -11.0. The number of para-hydroxylation sites is 2. The number of aromatic nitrogens is 5. The van der Waals surface area contributed by atoms with Crippen LogP contribution in [0.15, 0.2) is 283 Å². The molecule has 6 nitrogen and oxygen atoms in total. The molecule has 0 radical (unpaired) electrons. The maximum Gasteiger partial charge on any atom is 0.164 e. The fourth-order valence-corrected chi connectivity index (χ4v) is 12.0. The minimum absolute atomic E-state index is 0.609. The fraction of sp³-hybridized carbons (Fsp3) is 0. The molecule has 0 unspecified atom stereocenters. The van der Waals surface area contributed by atoms with Gasteiger partial charge in [-0.05, 0) is 128 Å². The van der Waals surface area contributed by atoms with Gasteiger partial charge < -0.3 is 14.0 Å². The molecule has 0 aliphatic carbocycles. The highest BCUT2D eigenvalue weighted by Crippen LogP contribution is 2.45. The van der Waals surface area contributed by atoms with Gasteiger partial charge in [-0.1, -0.05) is 206 Å². The summed E-state index contributed by atoms with van der Waals surface area (Å²) in [5.41, 5.74) is 21.3. The molecule has 0 saturated carbocycles. The van der Waals surface area contributed by atoms with Gasteiger partial charge in [0.15, 0.2) is 17.5 Å². The molecule has 0 atom stereocenters. The number of H-pyrrole nitrogens is 1. The first-order valence-corrected chi connectivity index (χ1v) is 27.4. The van der Waals surface area contributed by atoms with E-state index in [1.165, 1.54) is 21.9 Å². The van der Waals surface area contributed by atoms with E-state index in [0.717, 1.165) is 122 Å². The molecule has 0 fully saturated rings. The van der Waals surface area contributed by atoms with Crippen LogP contribution in [0.25, 0.3) is 161 Å². The second-order valence-electron chi connectivity index (χ2n) is 20.8. The van der Waals surface area contributed by atoms with E-state index < -0.39 is 0 Å². The Labute approximate surface area is 466 Å². The monoisotopic (exact) mass is 1030 g/mol. The Kier molecular flexibility index (Phi) is 10.8. The maximum atomic E-state index is 6.87. The summed E-state index contributed by atoms with van der Waals surface area (Å²) >= 11 is 0. The van der Waals surface area contributed by atoms with E-state index in [1.54, 1.807) is 0 Å². The van der Waals surface area contributed by atoms with Gasteiger partial charge in [-0.2, -0.15) is 0 Å². The molecule has 6 heteroatoms. The predicted molar refractivity (Wildman–Crippen MR) is 334 cm³/mol. The van der Waals surface area contributed by atoms with Crippen LogP contribution >= 0.6 is 0 Å². The Morgan fingerprint density at radius 1 is 0.284 bits per heavy atom. The standard InChI is InChI=1S/C75H47N5O/c1-4-16-47(17-5-1)48-30-34-50(35-31-48)57-43-58(45-59(44-57)75-78-73(52-18-6-2-7-19-52)77-74(79-75)53-20-8-3-9-21-53)51-36-32-49(33-37-51)54-22-14-23-55(42-54)56-24-15-25-60(46-56)80-67-29-13-11-26-61(67)62-39-41-68-70(71(62)80)64-38-40-66-69(72(64)81-68)63-27-10-12-28-65(63)76-66/h1-46,76H. The summed E-state index contributed by atoms with van der Waals surface area (Å²) in [6.45, 7) is 0. The molecule has 4 heterocycles. The average Bonchev–Trinajstić information content (AvgIpc) is 4.43. The van der Waals surface area contributed by atoms with Gasteiger partial charge in [-0.3, -0.25) is 0 Å².